The molecule has 44 heavy (non-hydrogen) atoms. The number of aromatic nitrogens is 4. The van der Waals surface area contributed by atoms with E-state index in [1.807, 2.05) is 67.6 Å². The van der Waals surface area contributed by atoms with E-state index in [0.29, 0.717) is 29.4 Å². The number of aryl methyl sites for hydroxylation is 2. The number of anilines is 3. The number of para-hydroxylation sites is 2. The molecule has 2 aliphatic heterocycles. The van der Waals surface area contributed by atoms with Gasteiger partial charge in [0.2, 0.25) is 0 Å². The van der Waals surface area contributed by atoms with Crippen LogP contribution < -0.4 is 20.9 Å². The van der Waals surface area contributed by atoms with Gasteiger partial charge in [0.25, 0.3) is 17.0 Å². The Labute approximate surface area is 262 Å². The van der Waals surface area contributed by atoms with E-state index in [1.165, 1.54) is 19.5 Å². The van der Waals surface area contributed by atoms with Crippen molar-refractivity contribution in [1.82, 2.24) is 18.7 Å². The van der Waals surface area contributed by atoms with Crippen LogP contribution in [0.1, 0.15) is 28.8 Å². The van der Waals surface area contributed by atoms with Crippen molar-refractivity contribution < 1.29 is 4.79 Å². The van der Waals surface area contributed by atoms with E-state index in [0.717, 1.165) is 35.9 Å². The number of hydrogen-bond acceptors (Lipinski definition) is 7. The fraction of sp³-hybridized carbons (Fsp3) is 0.182. The van der Waals surface area contributed by atoms with Gasteiger partial charge in [-0.3, -0.25) is 28.4 Å². The van der Waals surface area contributed by atoms with E-state index < -0.39 is 5.91 Å². The molecule has 0 radical (unpaired) electrons. The number of amides is 1. The Balaban J connectivity index is 1.38. The van der Waals surface area contributed by atoms with Crippen LogP contribution in [0.5, 0.6) is 0 Å². The first-order chi connectivity index (χ1) is 21.2. The van der Waals surface area contributed by atoms with E-state index in [2.05, 4.69) is 11.0 Å². The highest BCUT2D eigenvalue weighted by molar-refractivity contribution is 8.27. The number of hydrogen-bond donors (Lipinski definition) is 0. The van der Waals surface area contributed by atoms with Crippen LogP contribution in [-0.2, 0) is 18.3 Å². The maximum Gasteiger partial charge on any atom is 0.296 e. The van der Waals surface area contributed by atoms with Crippen molar-refractivity contribution in [2.24, 2.45) is 7.05 Å². The summed E-state index contributed by atoms with van der Waals surface area (Å²) in [6, 6.07) is 21.1. The molecule has 1 saturated heterocycles. The monoisotopic (exact) mass is 620 g/mol. The largest absolute Gasteiger partial charge is 0.325 e. The number of carbonyl (C=O) groups excluding carboxylic acids is 1. The summed E-state index contributed by atoms with van der Waals surface area (Å²) in [5, 5.41) is 0. The molecule has 7 rings (SSSR count). The number of thioether (sulfide) groups is 1. The Hall–Kier alpha value is -4.74. The molecule has 0 unspecified atom stereocenters. The van der Waals surface area contributed by atoms with Crippen LogP contribution in [-0.4, -0.2) is 35.5 Å². The van der Waals surface area contributed by atoms with Gasteiger partial charge >= 0.3 is 0 Å². The zero-order valence-electron chi connectivity index (χ0n) is 24.4. The topological polar surface area (TPSA) is 84.8 Å². The van der Waals surface area contributed by atoms with Crippen molar-refractivity contribution in [3.8, 4) is 5.69 Å². The second-order valence-electron chi connectivity index (χ2n) is 10.9. The molecular formula is C33H28N6O3S2. The SMILES string of the molecule is Cc1ccc2nc(N3CCCc4ccccc43)c(C=C3SC(=S)N(c4c(C)n(C)n(-c5ccccc5)c4=O)C3=O)c(=O)n2c1. The molecule has 1 amide bonds. The number of pyridine rings is 1. The van der Waals surface area contributed by atoms with E-state index in [9.17, 15) is 14.4 Å². The summed E-state index contributed by atoms with van der Waals surface area (Å²) in [4.78, 5) is 50.5. The average molecular weight is 621 g/mol. The number of rotatable bonds is 4. The number of benzene rings is 2. The molecule has 11 heteroatoms. The standard InChI is InChI=1S/C33H28N6O3S2/c1-20-15-16-27-34-29(36-17-9-11-22-10-7-8-14-25(22)36)24(30(40)37(27)19-20)18-26-31(41)38(33(43)44-26)28-21(2)35(3)39(32(28)42)23-12-5-4-6-13-23/h4-8,10,12-16,18-19H,9,11,17H2,1-3H3. The van der Waals surface area contributed by atoms with Crippen LogP contribution in [0.4, 0.5) is 17.2 Å². The van der Waals surface area contributed by atoms with E-state index in [1.54, 1.807) is 30.9 Å². The van der Waals surface area contributed by atoms with Crippen molar-refractivity contribution in [1.29, 1.82) is 0 Å². The minimum absolute atomic E-state index is 0.191. The molecule has 0 aliphatic carbocycles. The van der Waals surface area contributed by atoms with Gasteiger partial charge in [0.05, 0.1) is 21.8 Å². The maximum atomic E-state index is 14.1. The van der Waals surface area contributed by atoms with Crippen LogP contribution in [0.3, 0.4) is 0 Å². The van der Waals surface area contributed by atoms with E-state index in [-0.39, 0.29) is 31.6 Å². The third kappa shape index (κ3) is 4.42. The molecule has 220 valence electrons. The Morgan fingerprint density at radius 1 is 0.932 bits per heavy atom. The first-order valence-corrected chi connectivity index (χ1v) is 15.5. The zero-order chi connectivity index (χ0) is 30.7. The average Bonchev–Trinajstić information content (AvgIpc) is 3.42. The summed E-state index contributed by atoms with van der Waals surface area (Å²) in [5.41, 5.74) is 4.69. The Morgan fingerprint density at radius 2 is 1.68 bits per heavy atom. The highest BCUT2D eigenvalue weighted by Gasteiger charge is 2.38. The van der Waals surface area contributed by atoms with Gasteiger partial charge in [0.15, 0.2) is 4.32 Å². The second kappa shape index (κ2) is 10.8. The Kier molecular flexibility index (Phi) is 6.86. The predicted molar refractivity (Wildman–Crippen MR) is 179 cm³/mol. The van der Waals surface area contributed by atoms with Gasteiger partial charge in [-0.15, -0.1) is 0 Å². The summed E-state index contributed by atoms with van der Waals surface area (Å²) in [6.07, 6.45) is 5.17. The van der Waals surface area contributed by atoms with Crippen molar-refractivity contribution in [3.05, 3.63) is 121 Å². The van der Waals surface area contributed by atoms with Crippen LogP contribution in [0.25, 0.3) is 17.4 Å². The van der Waals surface area contributed by atoms with Crippen molar-refractivity contribution in [2.75, 3.05) is 16.3 Å². The van der Waals surface area contributed by atoms with Gasteiger partial charge in [-0.2, -0.15) is 0 Å². The van der Waals surface area contributed by atoms with Gasteiger partial charge in [-0.05, 0) is 68.2 Å². The number of nitrogens with zero attached hydrogens (tertiary/aromatic N) is 6. The summed E-state index contributed by atoms with van der Waals surface area (Å²) < 4.78 is 4.97. The highest BCUT2D eigenvalue weighted by atomic mass is 32.2. The molecule has 2 aliphatic rings. The van der Waals surface area contributed by atoms with Crippen LogP contribution in [0, 0.1) is 13.8 Å². The lowest BCUT2D eigenvalue weighted by atomic mass is 10.0. The van der Waals surface area contributed by atoms with E-state index in [4.69, 9.17) is 17.2 Å². The molecule has 0 saturated carbocycles. The van der Waals surface area contributed by atoms with Crippen LogP contribution in [0.15, 0.2) is 87.4 Å². The molecule has 5 heterocycles. The summed E-state index contributed by atoms with van der Waals surface area (Å²) in [5.74, 6) is 0.0309. The predicted octanol–water partition coefficient (Wildman–Crippen LogP) is 5.29. The summed E-state index contributed by atoms with van der Waals surface area (Å²) in [7, 11) is 1.77. The quantitative estimate of drug-likeness (QED) is 0.199. The van der Waals surface area contributed by atoms with Gasteiger partial charge in [-0.1, -0.05) is 66.4 Å². The molecule has 0 atom stereocenters. The minimum Gasteiger partial charge on any atom is -0.325 e. The molecule has 5 aromatic rings. The number of thiocarbonyl (C=S) groups is 1. The minimum atomic E-state index is -0.454. The lowest BCUT2D eigenvalue weighted by molar-refractivity contribution is -0.113. The smallest absolute Gasteiger partial charge is 0.296 e. The normalized spacial score (nSPS) is 15.9. The number of fused-ring (bicyclic) bond motifs is 2. The number of carbonyl (C=O) groups is 1. The molecule has 9 nitrogen and oxygen atoms in total. The molecule has 3 aromatic heterocycles. The summed E-state index contributed by atoms with van der Waals surface area (Å²) in [6.45, 7) is 4.37. The molecule has 0 bridgehead atoms. The van der Waals surface area contributed by atoms with Gasteiger partial charge < -0.3 is 4.90 Å². The Bertz CT molecular complexity index is 2160. The zero-order valence-corrected chi connectivity index (χ0v) is 26.0. The molecular weight excluding hydrogens is 593 g/mol. The molecule has 0 N–H and O–H groups in total. The van der Waals surface area contributed by atoms with Gasteiger partial charge in [0, 0.05) is 25.5 Å². The van der Waals surface area contributed by atoms with Crippen molar-refractivity contribution in [3.63, 3.8) is 0 Å². The lowest BCUT2D eigenvalue weighted by Gasteiger charge is -2.31. The highest BCUT2D eigenvalue weighted by Crippen LogP contribution is 2.39. The fourth-order valence-corrected chi connectivity index (χ4v) is 7.19. The second-order valence-corrected chi connectivity index (χ2v) is 12.6. The first-order valence-electron chi connectivity index (χ1n) is 14.2. The van der Waals surface area contributed by atoms with Gasteiger partial charge in [0.1, 0.15) is 17.2 Å². The molecule has 0 spiro atoms. The molecule has 2 aromatic carbocycles. The third-order valence-electron chi connectivity index (χ3n) is 8.17. The van der Waals surface area contributed by atoms with E-state index >= 15 is 0 Å². The lowest BCUT2D eigenvalue weighted by Crippen LogP contribution is -2.33. The maximum absolute atomic E-state index is 14.1. The third-order valence-corrected chi connectivity index (χ3v) is 9.47. The molecule has 1 fully saturated rings. The van der Waals surface area contributed by atoms with Crippen molar-refractivity contribution >= 4 is 63.1 Å². The fourth-order valence-electron chi connectivity index (χ4n) is 5.94. The van der Waals surface area contributed by atoms with Crippen LogP contribution >= 0.6 is 24.0 Å². The van der Waals surface area contributed by atoms with Crippen molar-refractivity contribution in [2.45, 2.75) is 26.7 Å². The summed E-state index contributed by atoms with van der Waals surface area (Å²) >= 11 is 6.75. The van der Waals surface area contributed by atoms with Crippen LogP contribution in [0.2, 0.25) is 0 Å². The van der Waals surface area contributed by atoms with Gasteiger partial charge in [-0.25, -0.2) is 9.67 Å². The Morgan fingerprint density at radius 3 is 2.48 bits per heavy atom. The first kappa shape index (κ1) is 28.1.